The lowest BCUT2D eigenvalue weighted by molar-refractivity contribution is -0.320. The molecule has 8 N–H and O–H groups in total. The molecule has 0 aliphatic rings. The normalized spacial score (nSPS) is 10.9. The molecule has 0 aliphatic heterocycles. The molecule has 0 saturated heterocycles. The highest BCUT2D eigenvalue weighted by Crippen LogP contribution is 2.12. The van der Waals surface area contributed by atoms with Gasteiger partial charge in [-0.3, -0.25) is 0 Å². The van der Waals surface area contributed by atoms with Crippen molar-refractivity contribution in [2.45, 2.75) is 0 Å². The van der Waals surface area contributed by atoms with Gasteiger partial charge in [-0.2, -0.15) is 0 Å². The molecule has 16 heavy (non-hydrogen) atoms. The van der Waals surface area contributed by atoms with Crippen molar-refractivity contribution in [3.8, 4) is 0 Å². The van der Waals surface area contributed by atoms with Crippen molar-refractivity contribution in [2.24, 2.45) is 22.2 Å². The minimum atomic E-state index is -0.999. The first-order valence-corrected chi connectivity index (χ1v) is 4.31. The Labute approximate surface area is 91.3 Å². The van der Waals surface area contributed by atoms with Crippen LogP contribution >= 0.6 is 0 Å². The molecular formula is C9H12N5O2+. The molecule has 0 heterocycles. The van der Waals surface area contributed by atoms with Gasteiger partial charge in [0, 0.05) is 0 Å². The third kappa shape index (κ3) is 3.29. The summed E-state index contributed by atoms with van der Waals surface area (Å²) in [5, 5.41) is 8.67. The molecule has 0 fully saturated rings. The number of carbonyl (C=O) groups is 1. The Hall–Kier alpha value is -2.57. The highest BCUT2D eigenvalue weighted by molar-refractivity contribution is 5.88. The zero-order valence-corrected chi connectivity index (χ0v) is 8.34. The highest BCUT2D eigenvalue weighted by Gasteiger charge is 2.02. The van der Waals surface area contributed by atoms with E-state index >= 15 is 0 Å². The van der Waals surface area contributed by atoms with E-state index in [1.54, 1.807) is 0 Å². The Morgan fingerprint density at radius 1 is 1.19 bits per heavy atom. The van der Waals surface area contributed by atoms with E-state index in [4.69, 9.17) is 22.3 Å². The van der Waals surface area contributed by atoms with Crippen molar-refractivity contribution in [2.75, 3.05) is 0 Å². The van der Waals surface area contributed by atoms with Gasteiger partial charge in [-0.05, 0) is 24.3 Å². The average Bonchev–Trinajstić information content (AvgIpc) is 2.16. The van der Waals surface area contributed by atoms with Crippen LogP contribution in [0.2, 0.25) is 0 Å². The van der Waals surface area contributed by atoms with E-state index in [0.29, 0.717) is 5.69 Å². The van der Waals surface area contributed by atoms with Gasteiger partial charge in [0.25, 0.3) is 5.96 Å². The van der Waals surface area contributed by atoms with E-state index in [-0.39, 0.29) is 17.5 Å². The van der Waals surface area contributed by atoms with E-state index in [1.807, 2.05) is 0 Å². The topological polar surface area (TPSA) is 142 Å². The Bertz CT molecular complexity index is 445. The van der Waals surface area contributed by atoms with Crippen molar-refractivity contribution in [1.82, 2.24) is 0 Å². The van der Waals surface area contributed by atoms with E-state index in [2.05, 4.69) is 9.98 Å². The van der Waals surface area contributed by atoms with Crippen LogP contribution in [0, 0.1) is 0 Å². The fraction of sp³-hybridized carbons (Fsp3) is 0. The van der Waals surface area contributed by atoms with Crippen molar-refractivity contribution in [1.29, 1.82) is 0 Å². The maximum atomic E-state index is 10.6. The smallest absolute Gasteiger partial charge is 0.335 e. The number of nitrogens with zero attached hydrogens (tertiary/aromatic N) is 1. The fourth-order valence-electron chi connectivity index (χ4n) is 0.993. The molecule has 0 spiro atoms. The van der Waals surface area contributed by atoms with Gasteiger partial charge in [-0.15, -0.1) is 4.99 Å². The van der Waals surface area contributed by atoms with Gasteiger partial charge in [0.1, 0.15) is 5.69 Å². The molecule has 84 valence electrons. The zero-order valence-electron chi connectivity index (χ0n) is 8.34. The van der Waals surface area contributed by atoms with Gasteiger partial charge in [-0.25, -0.2) is 9.79 Å². The molecule has 0 aliphatic carbocycles. The van der Waals surface area contributed by atoms with Crippen LogP contribution < -0.4 is 22.2 Å². The lowest BCUT2D eigenvalue weighted by Gasteiger charge is -1.94. The third-order valence-corrected chi connectivity index (χ3v) is 1.64. The molecule has 0 aromatic heterocycles. The number of aliphatic imine (C=N–C) groups is 1. The molecule has 7 heteroatoms. The summed E-state index contributed by atoms with van der Waals surface area (Å²) >= 11 is 0. The molecule has 0 radical (unpaired) electrons. The van der Waals surface area contributed by atoms with Crippen LogP contribution in [0.1, 0.15) is 10.4 Å². The van der Waals surface area contributed by atoms with Crippen molar-refractivity contribution < 1.29 is 14.9 Å². The fourth-order valence-corrected chi connectivity index (χ4v) is 0.993. The minimum Gasteiger partial charge on any atom is -0.478 e. The average molecular weight is 222 g/mol. The van der Waals surface area contributed by atoms with E-state index in [0.717, 1.165) is 0 Å². The molecular weight excluding hydrogens is 210 g/mol. The number of carboxylic acids is 1. The molecule has 0 amide bonds. The number of hydrogen-bond acceptors (Lipinski definition) is 2. The SMILES string of the molecule is NC(=Nc1ccc(C(=O)O)cc1)[NH+]=C(N)N. The number of guanidine groups is 2. The van der Waals surface area contributed by atoms with Gasteiger partial charge in [0.05, 0.1) is 5.56 Å². The first-order chi connectivity index (χ1) is 7.49. The van der Waals surface area contributed by atoms with E-state index < -0.39 is 5.97 Å². The Balaban J connectivity index is 2.91. The summed E-state index contributed by atoms with van der Waals surface area (Å²) < 4.78 is 0. The van der Waals surface area contributed by atoms with Crippen LogP contribution in [0.4, 0.5) is 5.69 Å². The van der Waals surface area contributed by atoms with Crippen LogP contribution in [0.25, 0.3) is 0 Å². The van der Waals surface area contributed by atoms with Crippen molar-refractivity contribution in [3.63, 3.8) is 0 Å². The third-order valence-electron chi connectivity index (χ3n) is 1.64. The Morgan fingerprint density at radius 2 is 1.75 bits per heavy atom. The lowest BCUT2D eigenvalue weighted by Crippen LogP contribution is -2.84. The summed E-state index contributed by atoms with van der Waals surface area (Å²) in [5.74, 6) is -1.03. The van der Waals surface area contributed by atoms with E-state index in [1.165, 1.54) is 24.3 Å². The molecule has 0 saturated carbocycles. The van der Waals surface area contributed by atoms with Crippen molar-refractivity contribution in [3.05, 3.63) is 29.8 Å². The first-order valence-electron chi connectivity index (χ1n) is 4.31. The Kier molecular flexibility index (Phi) is 3.44. The number of nitrogens with one attached hydrogen (secondary N) is 1. The largest absolute Gasteiger partial charge is 0.478 e. The number of benzene rings is 1. The predicted molar refractivity (Wildman–Crippen MR) is 59.0 cm³/mol. The highest BCUT2D eigenvalue weighted by atomic mass is 16.4. The van der Waals surface area contributed by atoms with Gasteiger partial charge in [0.2, 0.25) is 0 Å². The quantitative estimate of drug-likeness (QED) is 0.282. The second-order valence-corrected chi connectivity index (χ2v) is 2.93. The summed E-state index contributed by atoms with van der Waals surface area (Å²) in [7, 11) is 0. The summed E-state index contributed by atoms with van der Waals surface area (Å²) in [4.78, 5) is 16.9. The minimum absolute atomic E-state index is 0.0306. The molecule has 1 aromatic rings. The summed E-state index contributed by atoms with van der Waals surface area (Å²) in [6, 6.07) is 5.88. The summed E-state index contributed by atoms with van der Waals surface area (Å²) in [6.45, 7) is 0. The van der Waals surface area contributed by atoms with Crippen LogP contribution in [0.3, 0.4) is 0 Å². The molecule has 0 atom stereocenters. The number of nitrogens with two attached hydrogens (primary N) is 3. The Morgan fingerprint density at radius 3 is 2.19 bits per heavy atom. The van der Waals surface area contributed by atoms with Crippen LogP contribution in [0.5, 0.6) is 0 Å². The van der Waals surface area contributed by atoms with Gasteiger partial charge in [-0.1, -0.05) is 0 Å². The van der Waals surface area contributed by atoms with Crippen LogP contribution in [-0.2, 0) is 0 Å². The summed E-state index contributed by atoms with van der Waals surface area (Å²) in [5.41, 5.74) is 16.4. The molecule has 0 bridgehead atoms. The first kappa shape index (κ1) is 11.5. The monoisotopic (exact) mass is 222 g/mol. The standard InChI is InChI=1S/C9H11N5O2/c10-8(11)14-9(12)13-6-3-1-5(2-4-6)7(15)16/h1-4H,(H,15,16)(H6,10,11,12,13,14)/p+1. The van der Waals surface area contributed by atoms with Gasteiger partial charge >= 0.3 is 11.9 Å². The van der Waals surface area contributed by atoms with Crippen LogP contribution in [0.15, 0.2) is 29.3 Å². The van der Waals surface area contributed by atoms with Crippen molar-refractivity contribution >= 4 is 23.6 Å². The zero-order chi connectivity index (χ0) is 12.1. The lowest BCUT2D eigenvalue weighted by atomic mass is 10.2. The second-order valence-electron chi connectivity index (χ2n) is 2.93. The van der Waals surface area contributed by atoms with Gasteiger partial charge < -0.3 is 22.3 Å². The second kappa shape index (κ2) is 4.78. The molecule has 1 rings (SSSR count). The number of rotatable bonds is 2. The summed E-state index contributed by atoms with van der Waals surface area (Å²) in [6.07, 6.45) is 0. The predicted octanol–water partition coefficient (Wildman–Crippen LogP) is -2.31. The maximum absolute atomic E-state index is 10.6. The number of carboxylic acid groups (broad SMARTS) is 1. The maximum Gasteiger partial charge on any atom is 0.335 e. The van der Waals surface area contributed by atoms with E-state index in [9.17, 15) is 4.79 Å². The van der Waals surface area contributed by atoms with Crippen LogP contribution in [-0.4, -0.2) is 23.0 Å². The molecule has 1 aromatic carbocycles. The number of hydrogen-bond donors (Lipinski definition) is 5. The number of aromatic carboxylic acids is 1. The van der Waals surface area contributed by atoms with Gasteiger partial charge in [0.15, 0.2) is 0 Å². The molecule has 7 nitrogen and oxygen atoms in total. The molecule has 0 unspecified atom stereocenters.